The van der Waals surface area contributed by atoms with Gasteiger partial charge in [-0.25, -0.2) is 4.98 Å². The first-order chi connectivity index (χ1) is 17.0. The highest BCUT2D eigenvalue weighted by Crippen LogP contribution is 2.44. The second-order valence-electron chi connectivity index (χ2n) is 9.42. The van der Waals surface area contributed by atoms with Crippen LogP contribution in [-0.2, 0) is 13.1 Å². The molecule has 0 atom stereocenters. The molecule has 0 aliphatic heterocycles. The van der Waals surface area contributed by atoms with E-state index in [9.17, 15) is 9.59 Å². The van der Waals surface area contributed by atoms with Crippen molar-refractivity contribution in [3.05, 3.63) is 82.0 Å². The highest BCUT2D eigenvalue weighted by atomic mass is 16.2. The predicted molar refractivity (Wildman–Crippen MR) is 134 cm³/mol. The average Bonchev–Trinajstić information content (AvgIpc) is 3.25. The Hall–Kier alpha value is -3.96. The van der Waals surface area contributed by atoms with Crippen LogP contribution in [0.5, 0.6) is 0 Å². The molecule has 3 heterocycles. The summed E-state index contributed by atoms with van der Waals surface area (Å²) in [6.45, 7) is 2.02. The Labute approximate surface area is 203 Å². The van der Waals surface area contributed by atoms with Crippen LogP contribution < -0.4 is 16.2 Å². The van der Waals surface area contributed by atoms with Crippen molar-refractivity contribution in [3.8, 4) is 6.07 Å². The number of nitrogens with one attached hydrogen (secondary N) is 3. The molecule has 1 aliphatic carbocycles. The Morgan fingerprint density at radius 2 is 2.06 bits per heavy atom. The first kappa shape index (κ1) is 22.8. The van der Waals surface area contributed by atoms with E-state index in [1.807, 2.05) is 18.2 Å². The van der Waals surface area contributed by atoms with E-state index in [2.05, 4.69) is 32.7 Å². The molecule has 1 saturated carbocycles. The molecule has 5 rings (SSSR count). The second-order valence-corrected chi connectivity index (χ2v) is 9.42. The molecular formula is C27H28N6O2. The number of nitriles is 1. The summed E-state index contributed by atoms with van der Waals surface area (Å²) in [6, 6.07) is 16.9. The monoisotopic (exact) mass is 468 g/mol. The van der Waals surface area contributed by atoms with Crippen molar-refractivity contribution in [3.63, 3.8) is 0 Å². The van der Waals surface area contributed by atoms with Gasteiger partial charge in [0.25, 0.3) is 11.5 Å². The third-order valence-electron chi connectivity index (χ3n) is 7.00. The van der Waals surface area contributed by atoms with Gasteiger partial charge in [0, 0.05) is 49.5 Å². The van der Waals surface area contributed by atoms with Crippen LogP contribution in [0.15, 0.2) is 59.5 Å². The van der Waals surface area contributed by atoms with E-state index in [-0.39, 0.29) is 17.2 Å². The van der Waals surface area contributed by atoms with Crippen LogP contribution in [0, 0.1) is 16.7 Å². The molecule has 8 nitrogen and oxygen atoms in total. The number of amides is 1. The van der Waals surface area contributed by atoms with Crippen LogP contribution in [0.25, 0.3) is 16.6 Å². The van der Waals surface area contributed by atoms with Gasteiger partial charge in [0.05, 0.1) is 6.07 Å². The number of rotatable bonds is 9. The first-order valence-corrected chi connectivity index (χ1v) is 12.0. The number of aromatic amines is 1. The summed E-state index contributed by atoms with van der Waals surface area (Å²) in [5.74, 6) is -0.383. The zero-order valence-electron chi connectivity index (χ0n) is 19.5. The van der Waals surface area contributed by atoms with Crippen molar-refractivity contribution in [2.24, 2.45) is 5.41 Å². The van der Waals surface area contributed by atoms with Crippen LogP contribution in [0.2, 0.25) is 0 Å². The van der Waals surface area contributed by atoms with Crippen molar-refractivity contribution < 1.29 is 4.79 Å². The van der Waals surface area contributed by atoms with Gasteiger partial charge >= 0.3 is 0 Å². The normalized spacial score (nSPS) is 14.5. The molecule has 3 N–H and O–H groups in total. The largest absolute Gasteiger partial charge is 0.357 e. The molecule has 0 unspecified atom stereocenters. The first-order valence-electron chi connectivity index (χ1n) is 12.0. The molecular weight excluding hydrogens is 440 g/mol. The SMILES string of the molecule is N#CCCC1(CNCc2cc3ccc(CNC(=O)c4cc(=O)n5ccccc5n4)cc3[nH]2)CCC1. The molecule has 3 aromatic heterocycles. The van der Waals surface area contributed by atoms with E-state index >= 15 is 0 Å². The fraction of sp³-hybridized carbons (Fsp3) is 0.333. The van der Waals surface area contributed by atoms with Crippen LogP contribution in [-0.4, -0.2) is 26.8 Å². The zero-order chi connectivity index (χ0) is 24.3. The molecule has 1 fully saturated rings. The van der Waals surface area contributed by atoms with Gasteiger partial charge in [0.2, 0.25) is 0 Å². The summed E-state index contributed by atoms with van der Waals surface area (Å²) < 4.78 is 1.40. The van der Waals surface area contributed by atoms with E-state index in [1.54, 1.807) is 24.4 Å². The predicted octanol–water partition coefficient (Wildman–Crippen LogP) is 3.67. The Balaban J connectivity index is 1.20. The van der Waals surface area contributed by atoms with Crippen LogP contribution in [0.3, 0.4) is 0 Å². The molecule has 1 aromatic carbocycles. The average molecular weight is 469 g/mol. The van der Waals surface area contributed by atoms with E-state index in [0.717, 1.165) is 41.7 Å². The number of aromatic nitrogens is 3. The van der Waals surface area contributed by atoms with Gasteiger partial charge in [-0.05, 0) is 59.9 Å². The van der Waals surface area contributed by atoms with Gasteiger partial charge in [0.1, 0.15) is 11.3 Å². The third kappa shape index (κ3) is 4.96. The van der Waals surface area contributed by atoms with Crippen molar-refractivity contribution in [1.29, 1.82) is 5.26 Å². The lowest BCUT2D eigenvalue weighted by Gasteiger charge is -2.42. The Bertz CT molecular complexity index is 1470. The number of carbonyl (C=O) groups excluding carboxylic acids is 1. The van der Waals surface area contributed by atoms with E-state index in [4.69, 9.17) is 5.26 Å². The molecule has 1 amide bonds. The molecule has 0 saturated heterocycles. The smallest absolute Gasteiger partial charge is 0.270 e. The number of H-pyrrole nitrogens is 1. The number of benzene rings is 1. The van der Waals surface area contributed by atoms with E-state index < -0.39 is 0 Å². The number of fused-ring (bicyclic) bond motifs is 2. The Morgan fingerprint density at radius 3 is 2.86 bits per heavy atom. The molecule has 1 aliphatic rings. The van der Waals surface area contributed by atoms with Crippen LogP contribution >= 0.6 is 0 Å². The fourth-order valence-corrected chi connectivity index (χ4v) is 4.86. The fourth-order valence-electron chi connectivity index (χ4n) is 4.86. The highest BCUT2D eigenvalue weighted by Gasteiger charge is 2.35. The number of carbonyl (C=O) groups is 1. The molecule has 8 heteroatoms. The zero-order valence-corrected chi connectivity index (χ0v) is 19.5. The van der Waals surface area contributed by atoms with Crippen molar-refractivity contribution in [2.45, 2.75) is 45.2 Å². The van der Waals surface area contributed by atoms with E-state index in [1.165, 1.54) is 29.7 Å². The topological polar surface area (TPSA) is 115 Å². The highest BCUT2D eigenvalue weighted by molar-refractivity contribution is 5.92. The molecule has 178 valence electrons. The van der Waals surface area contributed by atoms with Crippen molar-refractivity contribution in [2.75, 3.05) is 6.54 Å². The Kier molecular flexibility index (Phi) is 6.34. The second kappa shape index (κ2) is 9.72. The molecule has 0 bridgehead atoms. The quantitative estimate of drug-likeness (QED) is 0.347. The lowest BCUT2D eigenvalue weighted by molar-refractivity contribution is 0.0946. The summed E-state index contributed by atoms with van der Waals surface area (Å²) in [5, 5.41) is 16.5. The van der Waals surface area contributed by atoms with Gasteiger partial charge < -0.3 is 15.6 Å². The summed E-state index contributed by atoms with van der Waals surface area (Å²) in [6.07, 6.45) is 6.89. The van der Waals surface area contributed by atoms with E-state index in [0.29, 0.717) is 24.0 Å². The maximum Gasteiger partial charge on any atom is 0.270 e. The van der Waals surface area contributed by atoms with Gasteiger partial charge in [-0.2, -0.15) is 5.26 Å². The molecule has 4 aromatic rings. The maximum atomic E-state index is 12.6. The lowest BCUT2D eigenvalue weighted by Crippen LogP contribution is -2.39. The third-order valence-corrected chi connectivity index (χ3v) is 7.00. The number of pyridine rings is 1. The minimum absolute atomic E-state index is 0.106. The number of nitrogens with zero attached hydrogens (tertiary/aromatic N) is 3. The summed E-state index contributed by atoms with van der Waals surface area (Å²) in [5.41, 5.74) is 3.62. The Morgan fingerprint density at radius 1 is 1.17 bits per heavy atom. The molecule has 35 heavy (non-hydrogen) atoms. The summed E-state index contributed by atoms with van der Waals surface area (Å²) in [4.78, 5) is 32.6. The standard InChI is InChI=1S/C27H28N6O2/c28-11-4-10-27(8-3-9-27)18-29-17-21-14-20-7-6-19(13-22(20)31-21)16-30-26(35)23-15-25(34)33-12-2-1-5-24(33)32-23/h1-2,5-7,12-15,29,31H,3-4,8-10,16-18H2,(H,30,35). The molecule has 0 radical (unpaired) electrons. The number of hydrogen-bond acceptors (Lipinski definition) is 5. The van der Waals surface area contributed by atoms with Gasteiger partial charge in [-0.15, -0.1) is 0 Å². The maximum absolute atomic E-state index is 12.6. The molecule has 0 spiro atoms. The van der Waals surface area contributed by atoms with Gasteiger partial charge in [-0.1, -0.05) is 24.6 Å². The lowest BCUT2D eigenvalue weighted by atomic mass is 9.66. The minimum atomic E-state index is -0.383. The van der Waals surface area contributed by atoms with Gasteiger partial charge in [-0.3, -0.25) is 14.0 Å². The summed E-state index contributed by atoms with van der Waals surface area (Å²) >= 11 is 0. The van der Waals surface area contributed by atoms with Crippen LogP contribution in [0.1, 0.15) is 53.8 Å². The number of hydrogen-bond donors (Lipinski definition) is 3. The van der Waals surface area contributed by atoms with Crippen LogP contribution in [0.4, 0.5) is 0 Å². The summed E-state index contributed by atoms with van der Waals surface area (Å²) in [7, 11) is 0. The minimum Gasteiger partial charge on any atom is -0.357 e. The van der Waals surface area contributed by atoms with Gasteiger partial charge in [0.15, 0.2) is 0 Å². The van der Waals surface area contributed by atoms with Crippen molar-refractivity contribution in [1.82, 2.24) is 25.0 Å². The van der Waals surface area contributed by atoms with Crippen molar-refractivity contribution >= 4 is 22.5 Å².